The number of rotatable bonds is 3. The highest BCUT2D eigenvalue weighted by Gasteiger charge is 2.32. The summed E-state index contributed by atoms with van der Waals surface area (Å²) in [7, 11) is 1.63. The van der Waals surface area contributed by atoms with Crippen molar-refractivity contribution in [1.29, 1.82) is 0 Å². The molecule has 0 aliphatic carbocycles. The second kappa shape index (κ2) is 7.23. The number of ether oxygens (including phenoxy) is 1. The summed E-state index contributed by atoms with van der Waals surface area (Å²) >= 11 is 0. The summed E-state index contributed by atoms with van der Waals surface area (Å²) in [6.07, 6.45) is 0.801. The highest BCUT2D eigenvalue weighted by atomic mass is 19.1. The van der Waals surface area contributed by atoms with Crippen LogP contribution in [0.1, 0.15) is 33.1 Å². The molecule has 1 aliphatic rings. The highest BCUT2D eigenvalue weighted by molar-refractivity contribution is 5.95. The molecule has 136 valence electrons. The quantitative estimate of drug-likeness (QED) is 0.681. The van der Waals surface area contributed by atoms with Crippen LogP contribution in [0.3, 0.4) is 0 Å². The lowest BCUT2D eigenvalue weighted by molar-refractivity contribution is 0.0694. The maximum Gasteiger partial charge on any atom is 0.254 e. The minimum Gasteiger partial charge on any atom is -0.497 e. The molecule has 4 rings (SSSR count). The van der Waals surface area contributed by atoms with E-state index in [2.05, 4.69) is 12.1 Å². The van der Waals surface area contributed by atoms with Crippen molar-refractivity contribution < 1.29 is 13.9 Å². The van der Waals surface area contributed by atoms with Crippen molar-refractivity contribution >= 4 is 5.91 Å². The van der Waals surface area contributed by atoms with Crippen LogP contribution in [0.15, 0.2) is 72.8 Å². The van der Waals surface area contributed by atoms with E-state index in [0.29, 0.717) is 12.1 Å². The van der Waals surface area contributed by atoms with Crippen LogP contribution in [0.4, 0.5) is 4.39 Å². The summed E-state index contributed by atoms with van der Waals surface area (Å²) in [5, 5.41) is 0. The van der Waals surface area contributed by atoms with Gasteiger partial charge in [0.05, 0.1) is 13.2 Å². The predicted molar refractivity (Wildman–Crippen MR) is 102 cm³/mol. The molecule has 0 saturated heterocycles. The number of hydrogen-bond acceptors (Lipinski definition) is 2. The van der Waals surface area contributed by atoms with Gasteiger partial charge in [0.1, 0.15) is 11.6 Å². The van der Waals surface area contributed by atoms with E-state index in [1.807, 2.05) is 41.3 Å². The normalized spacial score (nSPS) is 15.9. The molecule has 1 amide bonds. The van der Waals surface area contributed by atoms with Crippen molar-refractivity contribution in [3.8, 4) is 5.75 Å². The number of hydrogen-bond donors (Lipinski definition) is 0. The van der Waals surface area contributed by atoms with Crippen LogP contribution in [-0.2, 0) is 6.42 Å². The lowest BCUT2D eigenvalue weighted by atomic mass is 9.87. The maximum absolute atomic E-state index is 13.3. The number of fused-ring (bicyclic) bond motifs is 1. The lowest BCUT2D eigenvalue weighted by Crippen LogP contribution is -2.40. The molecule has 0 N–H and O–H groups in total. The Kier molecular flexibility index (Phi) is 4.63. The van der Waals surface area contributed by atoms with Crippen molar-refractivity contribution in [2.24, 2.45) is 0 Å². The third kappa shape index (κ3) is 3.31. The smallest absolute Gasteiger partial charge is 0.254 e. The van der Waals surface area contributed by atoms with Crippen LogP contribution in [0.5, 0.6) is 5.75 Å². The van der Waals surface area contributed by atoms with Crippen LogP contribution in [-0.4, -0.2) is 24.5 Å². The van der Waals surface area contributed by atoms with Crippen LogP contribution in [0.25, 0.3) is 0 Å². The highest BCUT2D eigenvalue weighted by Crippen LogP contribution is 2.36. The molecule has 27 heavy (non-hydrogen) atoms. The second-order valence-corrected chi connectivity index (χ2v) is 6.63. The molecule has 0 fully saturated rings. The Bertz CT molecular complexity index is 951. The zero-order valence-electron chi connectivity index (χ0n) is 15.1. The van der Waals surface area contributed by atoms with Crippen LogP contribution in [0, 0.1) is 5.82 Å². The fourth-order valence-electron chi connectivity index (χ4n) is 3.69. The minimum atomic E-state index is -0.345. The molecule has 0 saturated carbocycles. The number of methoxy groups -OCH3 is 1. The van der Waals surface area contributed by atoms with E-state index < -0.39 is 0 Å². The first-order valence-corrected chi connectivity index (χ1v) is 8.95. The van der Waals surface area contributed by atoms with Gasteiger partial charge in [-0.05, 0) is 59.5 Å². The molecular weight excluding hydrogens is 341 g/mol. The van der Waals surface area contributed by atoms with E-state index in [1.54, 1.807) is 19.2 Å². The van der Waals surface area contributed by atoms with Crippen molar-refractivity contribution in [3.05, 3.63) is 101 Å². The van der Waals surface area contributed by atoms with Crippen molar-refractivity contribution in [2.75, 3.05) is 13.7 Å². The maximum atomic E-state index is 13.3. The molecule has 1 aliphatic heterocycles. The summed E-state index contributed by atoms with van der Waals surface area (Å²) in [6.45, 7) is 0.615. The SMILES string of the molecule is COc1ccc(C2c3ccccc3CCN2C(=O)c2ccc(F)cc2)cc1. The van der Waals surface area contributed by atoms with Gasteiger partial charge >= 0.3 is 0 Å². The molecule has 4 heteroatoms. The first-order valence-electron chi connectivity index (χ1n) is 8.95. The fraction of sp³-hybridized carbons (Fsp3) is 0.174. The fourth-order valence-corrected chi connectivity index (χ4v) is 3.69. The zero-order chi connectivity index (χ0) is 18.8. The first-order chi connectivity index (χ1) is 13.2. The number of amides is 1. The summed E-state index contributed by atoms with van der Waals surface area (Å²) in [5.41, 5.74) is 3.90. The molecule has 0 radical (unpaired) electrons. The number of nitrogens with zero attached hydrogens (tertiary/aromatic N) is 1. The van der Waals surface area contributed by atoms with Crippen molar-refractivity contribution in [2.45, 2.75) is 12.5 Å². The van der Waals surface area contributed by atoms with E-state index in [1.165, 1.54) is 17.7 Å². The summed E-state index contributed by atoms with van der Waals surface area (Å²) in [4.78, 5) is 15.1. The standard InChI is InChI=1S/C23H20FNO2/c1-27-20-12-8-17(9-13-20)22-21-5-3-2-4-16(21)14-15-25(22)23(26)18-6-10-19(24)11-7-18/h2-13,22H,14-15H2,1H3. The Labute approximate surface area is 158 Å². The van der Waals surface area contributed by atoms with Crippen molar-refractivity contribution in [3.63, 3.8) is 0 Å². The van der Waals surface area contributed by atoms with Crippen LogP contribution >= 0.6 is 0 Å². The average molecular weight is 361 g/mol. The third-order valence-corrected chi connectivity index (χ3v) is 5.07. The predicted octanol–water partition coefficient (Wildman–Crippen LogP) is 4.62. The van der Waals surface area contributed by atoms with Gasteiger partial charge in [0, 0.05) is 12.1 Å². The Balaban J connectivity index is 1.77. The van der Waals surface area contributed by atoms with Gasteiger partial charge in [-0.3, -0.25) is 4.79 Å². The molecular formula is C23H20FNO2. The topological polar surface area (TPSA) is 29.5 Å². The number of carbonyl (C=O) groups is 1. The number of benzene rings is 3. The zero-order valence-corrected chi connectivity index (χ0v) is 15.1. The minimum absolute atomic E-state index is 0.0923. The van der Waals surface area contributed by atoms with Gasteiger partial charge in [-0.1, -0.05) is 36.4 Å². The van der Waals surface area contributed by atoms with Crippen LogP contribution < -0.4 is 4.74 Å². The molecule has 3 nitrogen and oxygen atoms in total. The number of carbonyl (C=O) groups excluding carboxylic acids is 1. The lowest BCUT2D eigenvalue weighted by Gasteiger charge is -2.38. The first kappa shape index (κ1) is 17.3. The van der Waals surface area contributed by atoms with E-state index >= 15 is 0 Å². The van der Waals surface area contributed by atoms with Gasteiger partial charge in [-0.25, -0.2) is 4.39 Å². The van der Waals surface area contributed by atoms with E-state index in [-0.39, 0.29) is 17.8 Å². The van der Waals surface area contributed by atoms with Crippen molar-refractivity contribution in [1.82, 2.24) is 4.90 Å². The second-order valence-electron chi connectivity index (χ2n) is 6.63. The molecule has 1 atom stereocenters. The van der Waals surface area contributed by atoms with Crippen LogP contribution in [0.2, 0.25) is 0 Å². The molecule has 0 bridgehead atoms. The molecule has 1 unspecified atom stereocenters. The molecule has 0 spiro atoms. The van der Waals surface area contributed by atoms with Gasteiger partial charge in [-0.15, -0.1) is 0 Å². The monoisotopic (exact) mass is 361 g/mol. The average Bonchev–Trinajstić information content (AvgIpc) is 2.73. The van der Waals surface area contributed by atoms with Gasteiger partial charge < -0.3 is 9.64 Å². The third-order valence-electron chi connectivity index (χ3n) is 5.07. The largest absolute Gasteiger partial charge is 0.497 e. The molecule has 1 heterocycles. The van der Waals surface area contributed by atoms with E-state index in [4.69, 9.17) is 4.74 Å². The molecule has 3 aromatic rings. The van der Waals surface area contributed by atoms with E-state index in [0.717, 1.165) is 23.3 Å². The molecule has 0 aromatic heterocycles. The molecule has 3 aromatic carbocycles. The Morgan fingerprint density at radius 3 is 2.41 bits per heavy atom. The van der Waals surface area contributed by atoms with E-state index in [9.17, 15) is 9.18 Å². The summed E-state index contributed by atoms with van der Waals surface area (Å²) in [6, 6.07) is 21.6. The van der Waals surface area contributed by atoms with Gasteiger partial charge in [0.15, 0.2) is 0 Å². The Hall–Kier alpha value is -3.14. The summed E-state index contributed by atoms with van der Waals surface area (Å²) in [5.74, 6) is 0.340. The van der Waals surface area contributed by atoms with Gasteiger partial charge in [0.2, 0.25) is 0 Å². The van der Waals surface area contributed by atoms with Gasteiger partial charge in [-0.2, -0.15) is 0 Å². The number of halogens is 1. The summed E-state index contributed by atoms with van der Waals surface area (Å²) < 4.78 is 18.5. The Morgan fingerprint density at radius 1 is 1.00 bits per heavy atom. The Morgan fingerprint density at radius 2 is 1.70 bits per heavy atom. The van der Waals surface area contributed by atoms with Gasteiger partial charge in [0.25, 0.3) is 5.91 Å².